The molecule has 0 saturated heterocycles. The summed E-state index contributed by atoms with van der Waals surface area (Å²) in [6, 6.07) is 89.8. The highest BCUT2D eigenvalue weighted by molar-refractivity contribution is 7.27. The Balaban J connectivity index is 1.04. The van der Waals surface area contributed by atoms with Crippen molar-refractivity contribution in [2.75, 3.05) is 14.7 Å². The van der Waals surface area contributed by atoms with Crippen LogP contribution in [0.4, 0.5) is 45.5 Å². The van der Waals surface area contributed by atoms with Crippen LogP contribution in [-0.4, -0.2) is 20.3 Å². The van der Waals surface area contributed by atoms with Gasteiger partial charge < -0.3 is 14.7 Å². The summed E-state index contributed by atoms with van der Waals surface area (Å²) in [5.74, 6) is 0. The topological polar surface area (TPSA) is 9.72 Å². The van der Waals surface area contributed by atoms with Gasteiger partial charge in [0.25, 0.3) is 6.71 Å². The average Bonchev–Trinajstić information content (AvgIpc) is 1.89. The fourth-order valence-electron chi connectivity index (χ4n) is 15.7. The van der Waals surface area contributed by atoms with E-state index in [-0.39, 0.29) is 28.5 Å². The largest absolute Gasteiger partial charge is 0.334 e. The fourth-order valence-corrected chi connectivity index (χ4v) is 21.0. The summed E-state index contributed by atoms with van der Waals surface area (Å²) < 4.78 is 0. The van der Waals surface area contributed by atoms with Crippen molar-refractivity contribution >= 4 is 97.4 Å². The molecule has 5 heteroatoms. The minimum atomic E-state index is -3.02. The van der Waals surface area contributed by atoms with Gasteiger partial charge in [-0.2, -0.15) is 0 Å². The maximum Gasteiger partial charge on any atom is 0.251 e. The molecule has 0 radical (unpaired) electrons. The summed E-state index contributed by atoms with van der Waals surface area (Å²) in [5, 5.41) is 5.77. The Morgan fingerprint density at radius 2 is 0.827 bits per heavy atom. The molecule has 3 nitrogen and oxygen atoms in total. The quantitative estimate of drug-likeness (QED) is 0.147. The van der Waals surface area contributed by atoms with Gasteiger partial charge in [-0.05, 0) is 167 Å². The minimum absolute atomic E-state index is 0.00470. The Labute approximate surface area is 481 Å². The molecular formula is C76H70BN3Si. The zero-order chi connectivity index (χ0) is 55.2. The minimum Gasteiger partial charge on any atom is -0.334 e. The first-order valence-corrected chi connectivity index (χ1v) is 31.7. The zero-order valence-corrected chi connectivity index (χ0v) is 49.2. The molecule has 15 rings (SSSR count). The lowest BCUT2D eigenvalue weighted by atomic mass is 9.33. The van der Waals surface area contributed by atoms with Crippen molar-refractivity contribution in [1.82, 2.24) is 0 Å². The van der Waals surface area contributed by atoms with Crippen molar-refractivity contribution in [2.24, 2.45) is 0 Å². The van der Waals surface area contributed by atoms with Crippen molar-refractivity contribution < 1.29 is 0 Å². The molecule has 1 fully saturated rings. The molecule has 2 unspecified atom stereocenters. The maximum atomic E-state index is 2.82. The molecule has 10 aromatic rings. The predicted octanol–water partition coefficient (Wildman–Crippen LogP) is 15.1. The van der Waals surface area contributed by atoms with Gasteiger partial charge >= 0.3 is 0 Å². The maximum absolute atomic E-state index is 3.02. The molecule has 10 aromatic carbocycles. The molecular weight excluding hydrogens is 994 g/mol. The molecule has 0 amide bonds. The smallest absolute Gasteiger partial charge is 0.251 e. The van der Waals surface area contributed by atoms with Crippen LogP contribution in [0.3, 0.4) is 0 Å². The van der Waals surface area contributed by atoms with Crippen molar-refractivity contribution in [3.05, 3.63) is 247 Å². The normalized spacial score (nSPS) is 19.0. The number of fused-ring (bicyclic) bond motifs is 3. The number of anilines is 8. The highest BCUT2D eigenvalue weighted by atomic mass is 28.3. The van der Waals surface area contributed by atoms with Crippen LogP contribution in [0.2, 0.25) is 0 Å². The summed E-state index contributed by atoms with van der Waals surface area (Å²) in [6.45, 7) is 19.0. The summed E-state index contributed by atoms with van der Waals surface area (Å²) in [5.41, 5.74) is 23.2. The van der Waals surface area contributed by atoms with E-state index < -0.39 is 8.07 Å². The molecule has 396 valence electrons. The molecule has 1 aliphatic carbocycles. The molecule has 0 N–H and O–H groups in total. The van der Waals surface area contributed by atoms with E-state index in [1.165, 1.54) is 129 Å². The van der Waals surface area contributed by atoms with Gasteiger partial charge in [-0.3, -0.25) is 0 Å². The van der Waals surface area contributed by atoms with E-state index in [1.807, 2.05) is 0 Å². The third kappa shape index (κ3) is 7.19. The lowest BCUT2D eigenvalue weighted by Gasteiger charge is -2.53. The Kier molecular flexibility index (Phi) is 11.0. The molecule has 4 aliphatic heterocycles. The summed E-state index contributed by atoms with van der Waals surface area (Å²) in [6.07, 6.45) is 4.68. The zero-order valence-electron chi connectivity index (χ0n) is 48.2. The Morgan fingerprint density at radius 3 is 1.35 bits per heavy atom. The first kappa shape index (κ1) is 49.9. The Morgan fingerprint density at radius 1 is 0.383 bits per heavy atom. The van der Waals surface area contributed by atoms with Gasteiger partial charge in [0.2, 0.25) is 0 Å². The highest BCUT2D eigenvalue weighted by Crippen LogP contribution is 2.62. The third-order valence-corrected chi connectivity index (χ3v) is 24.9. The van der Waals surface area contributed by atoms with E-state index in [0.717, 1.165) is 18.5 Å². The van der Waals surface area contributed by atoms with Crippen LogP contribution in [0.5, 0.6) is 0 Å². The first-order valence-electron chi connectivity index (χ1n) is 29.7. The van der Waals surface area contributed by atoms with Crippen LogP contribution in [0, 0.1) is 0 Å². The van der Waals surface area contributed by atoms with Crippen LogP contribution < -0.4 is 51.8 Å². The Hall–Kier alpha value is -8.12. The van der Waals surface area contributed by atoms with Gasteiger partial charge in [0.1, 0.15) is 0 Å². The van der Waals surface area contributed by atoms with Crippen LogP contribution in [0.25, 0.3) is 22.3 Å². The molecule has 0 bridgehead atoms. The second-order valence-corrected chi connectivity index (χ2v) is 30.1. The van der Waals surface area contributed by atoms with E-state index in [9.17, 15) is 0 Å². The van der Waals surface area contributed by atoms with E-state index >= 15 is 0 Å². The molecule has 4 heterocycles. The van der Waals surface area contributed by atoms with Gasteiger partial charge in [-0.15, -0.1) is 0 Å². The average molecular weight is 1060 g/mol. The summed E-state index contributed by atoms with van der Waals surface area (Å²) in [4.78, 5) is 8.17. The van der Waals surface area contributed by atoms with E-state index in [0.29, 0.717) is 0 Å². The number of benzene rings is 10. The van der Waals surface area contributed by atoms with E-state index in [2.05, 4.69) is 301 Å². The first-order chi connectivity index (χ1) is 39.2. The van der Waals surface area contributed by atoms with Gasteiger partial charge in [0, 0.05) is 50.9 Å². The van der Waals surface area contributed by atoms with Crippen molar-refractivity contribution in [3.8, 4) is 22.3 Å². The fraction of sp³-hybridized carbons (Fsp3) is 0.211. The van der Waals surface area contributed by atoms with Gasteiger partial charge in [-0.1, -0.05) is 231 Å². The van der Waals surface area contributed by atoms with Crippen LogP contribution in [0.15, 0.2) is 231 Å². The second kappa shape index (κ2) is 17.9. The predicted molar refractivity (Wildman–Crippen MR) is 349 cm³/mol. The second-order valence-electron chi connectivity index (χ2n) is 26.4. The van der Waals surface area contributed by atoms with Crippen LogP contribution >= 0.6 is 0 Å². The standard InChI is InChI=1S/C76H70BN3Si/c1-73(2,3)55-37-32-52(33-38-55)53-34-41-57(42-35-53)78-64-28-20-30-68-71(64)77-70-66(78)49-59(80-63-45-36-54(51-22-12-9-13-23-51)48-62(63)75(7)46-18-19-47-76(75,80)8)50-67(70)79(58-43-39-56(40-44-58)74(4,5)6)65-29-21-31-69(72(65)77)81(68,60-24-14-10-15-25-60)61-26-16-11-17-27-61/h9-17,20-45,48-50H,18-19,46-47H2,1-8H3. The lowest BCUT2D eigenvalue weighted by Crippen LogP contribution is -2.88. The van der Waals surface area contributed by atoms with Crippen LogP contribution in [-0.2, 0) is 16.2 Å². The van der Waals surface area contributed by atoms with Crippen LogP contribution in [0.1, 0.15) is 97.8 Å². The summed E-state index contributed by atoms with van der Waals surface area (Å²) >= 11 is 0. The molecule has 0 aromatic heterocycles. The van der Waals surface area contributed by atoms with Crippen molar-refractivity contribution in [3.63, 3.8) is 0 Å². The number of nitrogens with zero attached hydrogens (tertiary/aromatic N) is 3. The number of hydrogen-bond acceptors (Lipinski definition) is 3. The molecule has 2 atom stereocenters. The summed E-state index contributed by atoms with van der Waals surface area (Å²) in [7, 11) is -3.02. The SMILES string of the molecule is CC(C)(C)c1ccc(-c2ccc(N3c4cc(N5c6ccc(-c7ccccc7)cc6C6(C)CCCCC56C)cc5c4B4c6c3cccc6[Si](c3ccccc3)(c3ccccc3)c3cccc(c34)N5c3ccc(C(C)(C)C)cc3)cc2)cc1. The Bertz CT molecular complexity index is 4070. The molecule has 0 spiro atoms. The number of hydrogen-bond donors (Lipinski definition) is 0. The molecule has 81 heavy (non-hydrogen) atoms. The number of rotatable bonds is 7. The monoisotopic (exact) mass is 1060 g/mol. The third-order valence-electron chi connectivity index (χ3n) is 20.0. The lowest BCUT2D eigenvalue weighted by molar-refractivity contribution is 0.195. The van der Waals surface area contributed by atoms with E-state index in [4.69, 9.17) is 0 Å². The van der Waals surface area contributed by atoms with Crippen molar-refractivity contribution in [1.29, 1.82) is 0 Å². The van der Waals surface area contributed by atoms with Gasteiger partial charge in [-0.25, -0.2) is 0 Å². The van der Waals surface area contributed by atoms with Crippen molar-refractivity contribution in [2.45, 2.75) is 103 Å². The van der Waals surface area contributed by atoms with Gasteiger partial charge in [0.05, 0.1) is 5.54 Å². The molecule has 1 saturated carbocycles. The van der Waals surface area contributed by atoms with Gasteiger partial charge in [0.15, 0.2) is 8.07 Å². The highest BCUT2D eigenvalue weighted by Gasteiger charge is 2.60. The van der Waals surface area contributed by atoms with E-state index in [1.54, 1.807) is 0 Å². The molecule has 5 aliphatic rings.